The summed E-state index contributed by atoms with van der Waals surface area (Å²) in [7, 11) is 0. The van der Waals surface area contributed by atoms with Gasteiger partial charge in [-0.3, -0.25) is 9.80 Å². The number of carbonyl (C=O) groups excluding carboxylic acids is 1. The van der Waals surface area contributed by atoms with Crippen molar-refractivity contribution < 1.29 is 103 Å². The number of ether oxygens (including phenoxy) is 3. The molecule has 6 rings (SSSR count). The van der Waals surface area contributed by atoms with Crippen LogP contribution in [0.1, 0.15) is 43.5 Å². The minimum Gasteiger partial charge on any atom is -0.426 e. The molecule has 0 bridgehead atoms. The first-order valence-electron chi connectivity index (χ1n) is 21.3. The second-order valence-corrected chi connectivity index (χ2v) is 16.6. The zero-order valence-corrected chi connectivity index (χ0v) is 37.2. The predicted molar refractivity (Wildman–Crippen MR) is 220 cm³/mol. The SMILES string of the molecule is C.C[C@H]1CN(Cc2ccc(N3CCOCC3)cc2C(F)(F)F)CCN1.C[C@H]1CN(Cc2ccc(N3CCOCC3)cc2C(F)(F)F)CCN1C(=O)OC(C(F)(F)F)C(F)(F)F.OC(C(F)(F)F)C(F)(F)F. The maximum Gasteiger partial charge on any atom is 0.434 e. The maximum absolute atomic E-state index is 13.8. The fourth-order valence-corrected chi connectivity index (χ4v) is 7.73. The van der Waals surface area contributed by atoms with Crippen LogP contribution >= 0.6 is 0 Å². The van der Waals surface area contributed by atoms with Crippen LogP contribution in [0.2, 0.25) is 0 Å². The van der Waals surface area contributed by atoms with Crippen molar-refractivity contribution in [3.8, 4) is 0 Å². The topological polar surface area (TPSA) is 93.2 Å². The molecule has 11 nitrogen and oxygen atoms in total. The normalized spacial score (nSPS) is 20.5. The number of nitrogens with zero attached hydrogens (tertiary/aromatic N) is 5. The maximum atomic E-state index is 13.8. The Morgan fingerprint density at radius 3 is 1.37 bits per heavy atom. The molecule has 4 fully saturated rings. The van der Waals surface area contributed by atoms with Gasteiger partial charge in [-0.2, -0.15) is 79.0 Å². The number of hydrogen-bond donors (Lipinski definition) is 2. The van der Waals surface area contributed by atoms with Crippen molar-refractivity contribution in [1.29, 1.82) is 0 Å². The molecule has 4 saturated heterocycles. The molecule has 2 aromatic rings. The number of halogens is 18. The number of aliphatic hydroxyl groups is 1. The standard InChI is InChI=1S/C21H24F9N3O3.C17H24F3N3O.C3H2F6O.CH4/c1-13-11-31(4-5-33(13)18(34)36-17(20(25,26)27)21(28,29)30)12-14-2-3-15(10-16(14)19(22,23)24)32-6-8-35-9-7-32;1-13-11-22(5-4-21-13)12-14-2-3-15(10-16(14)17(18,19)20)23-6-8-24-9-7-23;4-2(5,6)1(10)3(7,8)9;/h2-3,10,13,17H,4-9,11-12H2,1H3;2-3,10,13,21H,4-9,11-12H2,1H3;1,10H;1H4/t2*13-;;/m00../s1. The van der Waals surface area contributed by atoms with Gasteiger partial charge in [-0.15, -0.1) is 0 Å². The van der Waals surface area contributed by atoms with Crippen molar-refractivity contribution >= 4 is 17.5 Å². The number of carbonyl (C=O) groups is 1. The molecule has 0 saturated carbocycles. The van der Waals surface area contributed by atoms with Crippen molar-refractivity contribution in [2.24, 2.45) is 0 Å². The monoisotopic (exact) mass is 1060 g/mol. The molecule has 0 unspecified atom stereocenters. The molecule has 2 N–H and O–H groups in total. The highest BCUT2D eigenvalue weighted by molar-refractivity contribution is 5.68. The highest BCUT2D eigenvalue weighted by Gasteiger charge is 2.60. The first kappa shape index (κ1) is 61.1. The first-order valence-corrected chi connectivity index (χ1v) is 21.3. The summed E-state index contributed by atoms with van der Waals surface area (Å²) >= 11 is 0. The molecule has 0 aromatic heterocycles. The molecular formula is C42H54F18N6O5. The second-order valence-electron chi connectivity index (χ2n) is 16.6. The van der Waals surface area contributed by atoms with Gasteiger partial charge in [0, 0.05) is 102 Å². The van der Waals surface area contributed by atoms with E-state index in [9.17, 15) is 83.8 Å². The van der Waals surface area contributed by atoms with Crippen LogP contribution < -0.4 is 15.1 Å². The number of rotatable bonds is 7. The van der Waals surface area contributed by atoms with Gasteiger partial charge in [-0.1, -0.05) is 19.6 Å². The molecule has 4 aliphatic rings. The number of aliphatic hydroxyl groups excluding tert-OH is 1. The van der Waals surface area contributed by atoms with Crippen molar-refractivity contribution in [3.05, 3.63) is 58.7 Å². The lowest BCUT2D eigenvalue weighted by Gasteiger charge is -2.40. The molecule has 408 valence electrons. The molecule has 71 heavy (non-hydrogen) atoms. The van der Waals surface area contributed by atoms with Crippen LogP contribution in [-0.2, 0) is 39.7 Å². The van der Waals surface area contributed by atoms with Crippen molar-refractivity contribution in [2.75, 3.05) is 102 Å². The highest BCUT2D eigenvalue weighted by Crippen LogP contribution is 2.39. The van der Waals surface area contributed by atoms with Gasteiger partial charge in [0.15, 0.2) is 0 Å². The third-order valence-corrected chi connectivity index (χ3v) is 11.2. The van der Waals surface area contributed by atoms with Gasteiger partial charge < -0.3 is 39.3 Å². The molecular weight excluding hydrogens is 1010 g/mol. The van der Waals surface area contributed by atoms with Gasteiger partial charge in [0.1, 0.15) is 0 Å². The number of piperazine rings is 2. The van der Waals surface area contributed by atoms with E-state index in [0.717, 1.165) is 25.7 Å². The van der Waals surface area contributed by atoms with Gasteiger partial charge >= 0.3 is 43.2 Å². The van der Waals surface area contributed by atoms with E-state index in [1.165, 1.54) is 19.1 Å². The number of benzene rings is 2. The average molecular weight is 1060 g/mol. The quantitative estimate of drug-likeness (QED) is 0.262. The Labute approximate surface area is 396 Å². The Morgan fingerprint density at radius 2 is 1.03 bits per heavy atom. The fraction of sp³-hybridized carbons (Fsp3) is 0.690. The van der Waals surface area contributed by atoms with Crippen LogP contribution in [0.25, 0.3) is 0 Å². The smallest absolute Gasteiger partial charge is 0.426 e. The van der Waals surface area contributed by atoms with E-state index in [2.05, 4.69) is 21.9 Å². The van der Waals surface area contributed by atoms with Crippen LogP contribution in [0.5, 0.6) is 0 Å². The van der Waals surface area contributed by atoms with Crippen LogP contribution in [0.3, 0.4) is 0 Å². The van der Waals surface area contributed by atoms with Crippen molar-refractivity contribution in [2.45, 2.75) is 95.7 Å². The van der Waals surface area contributed by atoms with E-state index >= 15 is 0 Å². The van der Waals surface area contributed by atoms with Crippen LogP contribution in [0.15, 0.2) is 36.4 Å². The minimum absolute atomic E-state index is 0. The summed E-state index contributed by atoms with van der Waals surface area (Å²) in [4.78, 5) is 20.1. The molecule has 0 aliphatic carbocycles. The van der Waals surface area contributed by atoms with Gasteiger partial charge in [0.2, 0.25) is 6.10 Å². The Kier molecular flexibility index (Phi) is 21.3. The molecule has 4 heterocycles. The summed E-state index contributed by atoms with van der Waals surface area (Å²) in [5.74, 6) is 0. The molecule has 2 atom stereocenters. The molecule has 29 heteroatoms. The molecule has 0 spiro atoms. The number of morpholine rings is 2. The fourth-order valence-electron chi connectivity index (χ4n) is 7.73. The third-order valence-electron chi connectivity index (χ3n) is 11.2. The van der Waals surface area contributed by atoms with Crippen LogP contribution in [0.4, 0.5) is 95.2 Å². The first-order chi connectivity index (χ1) is 32.2. The lowest BCUT2D eigenvalue weighted by atomic mass is 10.0. The van der Waals surface area contributed by atoms with Gasteiger partial charge in [0.05, 0.1) is 37.6 Å². The third kappa shape index (κ3) is 18.4. The number of hydrogen-bond acceptors (Lipinski definition) is 10. The minimum atomic E-state index is -5.85. The van der Waals surface area contributed by atoms with E-state index in [-0.39, 0.29) is 39.2 Å². The number of anilines is 2. The van der Waals surface area contributed by atoms with E-state index in [1.807, 2.05) is 11.0 Å². The summed E-state index contributed by atoms with van der Waals surface area (Å²) in [6.45, 7) is 9.47. The molecule has 4 aliphatic heterocycles. The lowest BCUT2D eigenvalue weighted by Crippen LogP contribution is -2.56. The molecule has 1 amide bonds. The summed E-state index contributed by atoms with van der Waals surface area (Å²) in [6, 6.07) is 8.09. The van der Waals surface area contributed by atoms with Crippen LogP contribution in [-0.4, -0.2) is 167 Å². The van der Waals surface area contributed by atoms with Crippen molar-refractivity contribution in [1.82, 2.24) is 20.0 Å². The van der Waals surface area contributed by atoms with E-state index in [1.54, 1.807) is 21.9 Å². The van der Waals surface area contributed by atoms with E-state index in [4.69, 9.17) is 14.6 Å². The number of amides is 1. The zero-order valence-electron chi connectivity index (χ0n) is 37.2. The summed E-state index contributed by atoms with van der Waals surface area (Å²) in [6.07, 6.45) is -42.2. The molecule has 0 radical (unpaired) electrons. The summed E-state index contributed by atoms with van der Waals surface area (Å²) < 4.78 is 238. The molecule has 2 aromatic carbocycles. The number of alkyl halides is 18. The highest BCUT2D eigenvalue weighted by atomic mass is 19.4. The summed E-state index contributed by atoms with van der Waals surface area (Å²) in [5.41, 5.74) is -0.0374. The zero-order chi connectivity index (χ0) is 52.6. The van der Waals surface area contributed by atoms with Crippen molar-refractivity contribution in [3.63, 3.8) is 0 Å². The van der Waals surface area contributed by atoms with Crippen LogP contribution in [0, 0.1) is 0 Å². The lowest BCUT2D eigenvalue weighted by molar-refractivity contribution is -0.309. The number of nitrogens with one attached hydrogen (secondary N) is 1. The Hall–Kier alpha value is -4.19. The largest absolute Gasteiger partial charge is 0.434 e. The average Bonchev–Trinajstić information content (AvgIpc) is 3.24. The van der Waals surface area contributed by atoms with Gasteiger partial charge in [0.25, 0.3) is 6.10 Å². The van der Waals surface area contributed by atoms with E-state index in [0.29, 0.717) is 87.0 Å². The van der Waals surface area contributed by atoms with E-state index < -0.39 is 72.5 Å². The van der Waals surface area contributed by atoms with Gasteiger partial charge in [-0.25, -0.2) is 4.79 Å². The summed E-state index contributed by atoms with van der Waals surface area (Å²) in [5, 5.41) is 10.8. The van der Waals surface area contributed by atoms with Gasteiger partial charge in [-0.05, 0) is 49.2 Å². The Bertz CT molecular complexity index is 1940. The Morgan fingerprint density at radius 1 is 0.620 bits per heavy atom. The Balaban J connectivity index is 0.000000326. The predicted octanol–water partition coefficient (Wildman–Crippen LogP) is 9.12. The second kappa shape index (κ2) is 24.7.